The summed E-state index contributed by atoms with van der Waals surface area (Å²) in [6.07, 6.45) is 2.15. The molecule has 0 saturated heterocycles. The summed E-state index contributed by atoms with van der Waals surface area (Å²) in [6, 6.07) is 14.9. The van der Waals surface area contributed by atoms with E-state index in [0.29, 0.717) is 0 Å². The molecule has 20 heavy (non-hydrogen) atoms. The second-order valence-corrected chi connectivity index (χ2v) is 5.48. The number of hydrogen-bond donors (Lipinski definition) is 0. The van der Waals surface area contributed by atoms with E-state index in [4.69, 9.17) is 4.98 Å². The summed E-state index contributed by atoms with van der Waals surface area (Å²) in [7, 11) is 4.13. The first-order valence-corrected chi connectivity index (χ1v) is 6.82. The van der Waals surface area contributed by atoms with E-state index in [2.05, 4.69) is 66.2 Å². The standard InChI is InChI=1S/C17H16N3/c1-19(2)14-7-8-20-11-13-9-12-5-3-4-6-15(12)18-17(13)16(20)10-14/h3-10H,11H2,1-2H3/q+1. The second-order valence-electron chi connectivity index (χ2n) is 5.48. The first kappa shape index (κ1) is 11.4. The fourth-order valence-electron chi connectivity index (χ4n) is 2.82. The molecule has 3 aromatic rings. The van der Waals surface area contributed by atoms with Gasteiger partial charge in [-0.15, -0.1) is 0 Å². The summed E-state index contributed by atoms with van der Waals surface area (Å²) in [5.41, 5.74) is 5.90. The van der Waals surface area contributed by atoms with Gasteiger partial charge in [0.2, 0.25) is 5.69 Å². The molecule has 1 aliphatic rings. The number of para-hydroxylation sites is 1. The van der Waals surface area contributed by atoms with Crippen LogP contribution in [-0.4, -0.2) is 19.1 Å². The van der Waals surface area contributed by atoms with Crippen molar-refractivity contribution in [3.8, 4) is 11.4 Å². The van der Waals surface area contributed by atoms with E-state index in [1.807, 2.05) is 6.07 Å². The lowest BCUT2D eigenvalue weighted by Crippen LogP contribution is -2.32. The Morgan fingerprint density at radius 1 is 1.10 bits per heavy atom. The molecule has 0 spiro atoms. The molecular formula is C17H16N3+. The highest BCUT2D eigenvalue weighted by molar-refractivity contribution is 5.83. The van der Waals surface area contributed by atoms with Gasteiger partial charge in [0, 0.05) is 42.9 Å². The third kappa shape index (κ3) is 1.59. The number of hydrogen-bond acceptors (Lipinski definition) is 2. The van der Waals surface area contributed by atoms with Crippen LogP contribution in [0.1, 0.15) is 5.56 Å². The van der Waals surface area contributed by atoms with Crippen molar-refractivity contribution in [1.82, 2.24) is 4.98 Å². The maximum atomic E-state index is 4.86. The van der Waals surface area contributed by atoms with E-state index in [1.54, 1.807) is 0 Å². The zero-order valence-electron chi connectivity index (χ0n) is 11.7. The van der Waals surface area contributed by atoms with Crippen molar-refractivity contribution >= 4 is 16.6 Å². The molecule has 3 nitrogen and oxygen atoms in total. The van der Waals surface area contributed by atoms with Crippen molar-refractivity contribution < 1.29 is 4.57 Å². The summed E-state index contributed by atoms with van der Waals surface area (Å²) >= 11 is 0. The van der Waals surface area contributed by atoms with Gasteiger partial charge >= 0.3 is 0 Å². The first-order valence-electron chi connectivity index (χ1n) is 6.82. The predicted octanol–water partition coefficient (Wildman–Crippen LogP) is 2.62. The molecule has 0 unspecified atom stereocenters. The van der Waals surface area contributed by atoms with Gasteiger partial charge in [-0.05, 0) is 12.1 Å². The minimum absolute atomic E-state index is 0.913. The quantitative estimate of drug-likeness (QED) is 0.491. The van der Waals surface area contributed by atoms with Crippen molar-refractivity contribution in [2.75, 3.05) is 19.0 Å². The van der Waals surface area contributed by atoms with Crippen LogP contribution in [0, 0.1) is 0 Å². The molecule has 4 rings (SSSR count). The highest BCUT2D eigenvalue weighted by atomic mass is 15.1. The molecule has 2 aromatic heterocycles. The summed E-state index contributed by atoms with van der Waals surface area (Å²) in [5, 5.41) is 1.22. The molecule has 0 bridgehead atoms. The maximum absolute atomic E-state index is 4.86. The van der Waals surface area contributed by atoms with Crippen LogP contribution in [0.4, 0.5) is 5.69 Å². The number of aromatic nitrogens is 2. The summed E-state index contributed by atoms with van der Waals surface area (Å²) < 4.78 is 2.27. The van der Waals surface area contributed by atoms with Crippen LogP contribution in [-0.2, 0) is 6.54 Å². The van der Waals surface area contributed by atoms with Crippen LogP contribution >= 0.6 is 0 Å². The minimum Gasteiger partial charge on any atom is -0.377 e. The number of benzene rings is 1. The van der Waals surface area contributed by atoms with Gasteiger partial charge in [0.05, 0.1) is 5.52 Å². The largest absolute Gasteiger partial charge is 0.377 e. The zero-order chi connectivity index (χ0) is 13.7. The lowest BCUT2D eigenvalue weighted by atomic mass is 10.1. The summed E-state index contributed by atoms with van der Waals surface area (Å²) in [4.78, 5) is 6.98. The molecule has 0 atom stereocenters. The van der Waals surface area contributed by atoms with Gasteiger partial charge in [0.15, 0.2) is 12.7 Å². The first-order chi connectivity index (χ1) is 9.72. The van der Waals surface area contributed by atoms with Crippen LogP contribution in [0.2, 0.25) is 0 Å². The Morgan fingerprint density at radius 2 is 1.95 bits per heavy atom. The summed E-state index contributed by atoms with van der Waals surface area (Å²) in [6.45, 7) is 0.913. The molecule has 3 heterocycles. The van der Waals surface area contributed by atoms with Gasteiger partial charge in [-0.25, -0.2) is 4.98 Å². The van der Waals surface area contributed by atoms with Gasteiger partial charge in [-0.2, -0.15) is 4.57 Å². The van der Waals surface area contributed by atoms with Crippen LogP contribution in [0.15, 0.2) is 48.7 Å². The van der Waals surface area contributed by atoms with Crippen molar-refractivity contribution in [2.45, 2.75) is 6.54 Å². The van der Waals surface area contributed by atoms with E-state index in [-0.39, 0.29) is 0 Å². The zero-order valence-corrected chi connectivity index (χ0v) is 11.7. The van der Waals surface area contributed by atoms with Gasteiger partial charge in [-0.3, -0.25) is 0 Å². The minimum atomic E-state index is 0.913. The van der Waals surface area contributed by atoms with Gasteiger partial charge in [0.25, 0.3) is 0 Å². The van der Waals surface area contributed by atoms with Crippen LogP contribution in [0.3, 0.4) is 0 Å². The molecular weight excluding hydrogens is 246 g/mol. The molecule has 0 amide bonds. The fraction of sp³-hybridized carbons (Fsp3) is 0.176. The Labute approximate surface area is 118 Å². The Bertz CT molecular complexity index is 822. The van der Waals surface area contributed by atoms with Crippen LogP contribution in [0.25, 0.3) is 22.3 Å². The van der Waals surface area contributed by atoms with Gasteiger partial charge in [-0.1, -0.05) is 18.2 Å². The molecule has 1 aromatic carbocycles. The lowest BCUT2D eigenvalue weighted by molar-refractivity contribution is -0.672. The monoisotopic (exact) mass is 262 g/mol. The van der Waals surface area contributed by atoms with Crippen LogP contribution < -0.4 is 9.47 Å². The highest BCUT2D eigenvalue weighted by Gasteiger charge is 2.28. The Morgan fingerprint density at radius 3 is 2.80 bits per heavy atom. The molecule has 0 aliphatic carbocycles. The molecule has 0 N–H and O–H groups in total. The van der Waals surface area contributed by atoms with Crippen molar-refractivity contribution in [2.24, 2.45) is 0 Å². The topological polar surface area (TPSA) is 20.0 Å². The van der Waals surface area contributed by atoms with E-state index < -0.39 is 0 Å². The number of nitrogens with zero attached hydrogens (tertiary/aromatic N) is 3. The molecule has 0 fully saturated rings. The number of anilines is 1. The van der Waals surface area contributed by atoms with E-state index >= 15 is 0 Å². The second kappa shape index (κ2) is 4.04. The Hall–Kier alpha value is -2.42. The van der Waals surface area contributed by atoms with E-state index in [9.17, 15) is 0 Å². The third-order valence-corrected chi connectivity index (χ3v) is 3.92. The average molecular weight is 262 g/mol. The van der Waals surface area contributed by atoms with E-state index in [0.717, 1.165) is 17.8 Å². The smallest absolute Gasteiger partial charge is 0.234 e. The fourth-order valence-corrected chi connectivity index (χ4v) is 2.82. The molecule has 3 heteroatoms. The molecule has 1 aliphatic heterocycles. The van der Waals surface area contributed by atoms with Gasteiger partial charge < -0.3 is 4.90 Å². The normalized spacial score (nSPS) is 12.3. The number of pyridine rings is 2. The predicted molar refractivity (Wildman–Crippen MR) is 80.8 cm³/mol. The average Bonchev–Trinajstić information content (AvgIpc) is 2.81. The Balaban J connectivity index is 1.96. The van der Waals surface area contributed by atoms with Crippen molar-refractivity contribution in [1.29, 1.82) is 0 Å². The Kier molecular flexibility index (Phi) is 2.30. The third-order valence-electron chi connectivity index (χ3n) is 3.92. The van der Waals surface area contributed by atoms with Crippen molar-refractivity contribution in [3.63, 3.8) is 0 Å². The van der Waals surface area contributed by atoms with E-state index in [1.165, 1.54) is 22.3 Å². The maximum Gasteiger partial charge on any atom is 0.234 e. The number of rotatable bonds is 1. The lowest BCUT2D eigenvalue weighted by Gasteiger charge is -2.11. The van der Waals surface area contributed by atoms with Crippen molar-refractivity contribution in [3.05, 3.63) is 54.2 Å². The highest BCUT2D eigenvalue weighted by Crippen LogP contribution is 2.29. The SMILES string of the molecule is CN(C)c1cc[n+]2c(c1)-c1nc3ccccc3cc1C2. The van der Waals surface area contributed by atoms with Crippen LogP contribution in [0.5, 0.6) is 0 Å². The molecule has 0 saturated carbocycles. The summed E-state index contributed by atoms with van der Waals surface area (Å²) in [5.74, 6) is 0. The molecule has 98 valence electrons. The van der Waals surface area contributed by atoms with Gasteiger partial charge in [0.1, 0.15) is 5.69 Å². The molecule has 0 radical (unpaired) electrons. The number of fused-ring (bicyclic) bond motifs is 4.